The number of hydrogen-bond donors (Lipinski definition) is 0. The van der Waals surface area contributed by atoms with E-state index in [4.69, 9.17) is 0 Å². The van der Waals surface area contributed by atoms with Crippen molar-refractivity contribution < 1.29 is 0 Å². The molecule has 1 aliphatic rings. The topological polar surface area (TPSA) is 16.1 Å². The molecule has 0 aliphatic carbocycles. The number of aromatic nitrogens is 1. The highest BCUT2D eigenvalue weighted by atomic mass is 32.1. The molecule has 2 aromatic carbocycles. The number of hydrogen-bond acceptors (Lipinski definition) is 3. The Morgan fingerprint density at radius 1 is 1.12 bits per heavy atom. The second kappa shape index (κ2) is 5.45. The highest BCUT2D eigenvalue weighted by Crippen LogP contribution is 2.44. The molecule has 4 rings (SSSR count). The summed E-state index contributed by atoms with van der Waals surface area (Å²) in [7, 11) is 2.19. The van der Waals surface area contributed by atoms with Gasteiger partial charge in [-0.3, -0.25) is 0 Å². The maximum Gasteiger partial charge on any atom is 0.117 e. The molecule has 3 heteroatoms. The van der Waals surface area contributed by atoms with Gasteiger partial charge in [-0.1, -0.05) is 38.1 Å². The first kappa shape index (κ1) is 15.4. The second-order valence-corrected chi connectivity index (χ2v) is 8.20. The number of benzene rings is 2. The van der Waals surface area contributed by atoms with Gasteiger partial charge in [-0.15, -0.1) is 11.3 Å². The Kier molecular flexibility index (Phi) is 3.50. The van der Waals surface area contributed by atoms with Gasteiger partial charge in [0, 0.05) is 24.2 Å². The summed E-state index contributed by atoms with van der Waals surface area (Å²) >= 11 is 1.74. The summed E-state index contributed by atoms with van der Waals surface area (Å²) in [4.78, 5) is 7.06. The lowest BCUT2D eigenvalue weighted by atomic mass is 9.81. The van der Waals surface area contributed by atoms with E-state index >= 15 is 0 Å². The van der Waals surface area contributed by atoms with Crippen LogP contribution in [-0.4, -0.2) is 18.1 Å². The predicted octanol–water partition coefficient (Wildman–Crippen LogP) is 5.58. The van der Waals surface area contributed by atoms with E-state index in [1.165, 1.54) is 21.5 Å². The number of thiazole rings is 1. The monoisotopic (exact) mass is 334 g/mol. The molecular formula is C21H22N2S. The van der Waals surface area contributed by atoms with Gasteiger partial charge >= 0.3 is 0 Å². The average Bonchev–Trinajstić information content (AvgIpc) is 3.07. The molecule has 3 aromatic rings. The van der Waals surface area contributed by atoms with Gasteiger partial charge in [-0.05, 0) is 48.4 Å². The number of para-hydroxylation sites is 1. The van der Waals surface area contributed by atoms with Gasteiger partial charge < -0.3 is 4.90 Å². The van der Waals surface area contributed by atoms with Crippen molar-refractivity contribution in [3.8, 4) is 0 Å². The molecule has 0 saturated carbocycles. The van der Waals surface area contributed by atoms with Crippen molar-refractivity contribution in [1.82, 2.24) is 4.98 Å². The van der Waals surface area contributed by atoms with E-state index in [-0.39, 0.29) is 5.41 Å². The normalized spacial score (nSPS) is 19.3. The highest BCUT2D eigenvalue weighted by molar-refractivity contribution is 7.19. The Balaban J connectivity index is 1.68. The van der Waals surface area contributed by atoms with Crippen molar-refractivity contribution in [3.05, 3.63) is 58.6 Å². The van der Waals surface area contributed by atoms with Gasteiger partial charge in [-0.2, -0.15) is 0 Å². The second-order valence-electron chi connectivity index (χ2n) is 7.14. The van der Waals surface area contributed by atoms with Crippen LogP contribution in [0.4, 0.5) is 5.69 Å². The van der Waals surface area contributed by atoms with E-state index in [0.29, 0.717) is 6.04 Å². The quantitative estimate of drug-likeness (QED) is 0.608. The van der Waals surface area contributed by atoms with Crippen molar-refractivity contribution in [1.29, 1.82) is 0 Å². The zero-order valence-corrected chi connectivity index (χ0v) is 15.4. The molecule has 0 N–H and O–H groups in total. The highest BCUT2D eigenvalue weighted by Gasteiger charge is 2.39. The minimum absolute atomic E-state index is 0.170. The van der Waals surface area contributed by atoms with Crippen molar-refractivity contribution >= 4 is 39.4 Å². The zero-order valence-electron chi connectivity index (χ0n) is 14.6. The van der Waals surface area contributed by atoms with E-state index in [1.54, 1.807) is 11.3 Å². The van der Waals surface area contributed by atoms with E-state index in [0.717, 1.165) is 10.5 Å². The van der Waals surface area contributed by atoms with Gasteiger partial charge in [0.15, 0.2) is 0 Å². The van der Waals surface area contributed by atoms with Crippen LogP contribution < -0.4 is 4.90 Å². The van der Waals surface area contributed by atoms with Crippen molar-refractivity contribution in [2.24, 2.45) is 0 Å². The van der Waals surface area contributed by atoms with Crippen LogP contribution in [0, 0.1) is 0 Å². The predicted molar refractivity (Wildman–Crippen MR) is 106 cm³/mol. The molecule has 1 aliphatic heterocycles. The number of likely N-dealkylation sites (N-methyl/N-ethyl adjacent to an activating group) is 1. The molecule has 2 nitrogen and oxygen atoms in total. The average molecular weight is 334 g/mol. The fraction of sp³-hybridized carbons (Fsp3) is 0.286. The van der Waals surface area contributed by atoms with E-state index in [1.807, 2.05) is 6.07 Å². The Morgan fingerprint density at radius 3 is 2.71 bits per heavy atom. The first-order valence-corrected chi connectivity index (χ1v) is 9.19. The summed E-state index contributed by atoms with van der Waals surface area (Å²) in [6, 6.07) is 15.6. The van der Waals surface area contributed by atoms with Crippen LogP contribution in [0.1, 0.15) is 36.9 Å². The lowest BCUT2D eigenvalue weighted by Gasteiger charge is -2.28. The standard InChI is InChI=1S/C21H22N2S/c1-14-21(2,3)16-13-15(9-11-18(16)23(14)4)10-12-20-22-17-7-5-6-8-19(17)24-20/h5-14H,1-4H3/b12-10+/t14-/m1/s1. The smallest absolute Gasteiger partial charge is 0.117 e. The van der Waals surface area contributed by atoms with Crippen LogP contribution in [0.15, 0.2) is 42.5 Å². The summed E-state index contributed by atoms with van der Waals surface area (Å²) in [5.74, 6) is 0. The van der Waals surface area contributed by atoms with Crippen molar-refractivity contribution in [2.45, 2.75) is 32.2 Å². The summed E-state index contributed by atoms with van der Waals surface area (Å²) in [5, 5.41) is 1.06. The fourth-order valence-corrected chi connectivity index (χ4v) is 4.40. The summed E-state index contributed by atoms with van der Waals surface area (Å²) in [6.45, 7) is 6.97. The third-order valence-corrected chi connectivity index (χ3v) is 6.45. The van der Waals surface area contributed by atoms with Crippen LogP contribution in [0.25, 0.3) is 22.4 Å². The Morgan fingerprint density at radius 2 is 1.92 bits per heavy atom. The number of nitrogens with zero attached hydrogens (tertiary/aromatic N) is 2. The van der Waals surface area contributed by atoms with Gasteiger partial charge in [0.2, 0.25) is 0 Å². The van der Waals surface area contributed by atoms with Crippen LogP contribution in [-0.2, 0) is 5.41 Å². The molecule has 2 heterocycles. The van der Waals surface area contributed by atoms with Gasteiger partial charge in [0.1, 0.15) is 5.01 Å². The van der Waals surface area contributed by atoms with Crippen LogP contribution >= 0.6 is 11.3 Å². The molecule has 0 radical (unpaired) electrons. The third-order valence-electron chi connectivity index (χ3n) is 5.45. The first-order chi connectivity index (χ1) is 11.5. The van der Waals surface area contributed by atoms with Crippen LogP contribution in [0.5, 0.6) is 0 Å². The van der Waals surface area contributed by atoms with Crippen molar-refractivity contribution in [2.75, 3.05) is 11.9 Å². The number of rotatable bonds is 2. The SMILES string of the molecule is C[C@H]1N(C)c2ccc(/C=C/c3nc4ccccc4s3)cc2C1(C)C. The Bertz CT molecular complexity index is 903. The lowest BCUT2D eigenvalue weighted by Crippen LogP contribution is -2.36. The molecule has 24 heavy (non-hydrogen) atoms. The van der Waals surface area contributed by atoms with Crippen LogP contribution in [0.2, 0.25) is 0 Å². The molecule has 122 valence electrons. The molecule has 0 amide bonds. The lowest BCUT2D eigenvalue weighted by molar-refractivity contribution is 0.454. The first-order valence-electron chi connectivity index (χ1n) is 8.38. The fourth-order valence-electron chi connectivity index (χ4n) is 3.53. The summed E-state index contributed by atoms with van der Waals surface area (Å²) in [6.07, 6.45) is 4.30. The minimum Gasteiger partial charge on any atom is -0.371 e. The largest absolute Gasteiger partial charge is 0.371 e. The molecule has 1 aromatic heterocycles. The molecule has 0 spiro atoms. The van der Waals surface area contributed by atoms with E-state index in [9.17, 15) is 0 Å². The molecule has 1 atom stereocenters. The molecule has 0 bridgehead atoms. The van der Waals surface area contributed by atoms with Crippen molar-refractivity contribution in [3.63, 3.8) is 0 Å². The maximum absolute atomic E-state index is 4.68. The Labute approximate surface area is 147 Å². The molecular weight excluding hydrogens is 312 g/mol. The molecule has 0 unspecified atom stereocenters. The molecule has 0 saturated heterocycles. The van der Waals surface area contributed by atoms with E-state index < -0.39 is 0 Å². The summed E-state index contributed by atoms with van der Waals surface area (Å²) < 4.78 is 1.24. The zero-order chi connectivity index (χ0) is 16.9. The van der Waals surface area contributed by atoms with Gasteiger partial charge in [0.05, 0.1) is 10.2 Å². The summed E-state index contributed by atoms with van der Waals surface area (Å²) in [5.41, 5.74) is 5.27. The minimum atomic E-state index is 0.170. The van der Waals surface area contributed by atoms with E-state index in [2.05, 4.69) is 86.3 Å². The molecule has 0 fully saturated rings. The third kappa shape index (κ3) is 2.35. The maximum atomic E-state index is 4.68. The number of anilines is 1. The van der Waals surface area contributed by atoms with Gasteiger partial charge in [-0.25, -0.2) is 4.98 Å². The van der Waals surface area contributed by atoms with Gasteiger partial charge in [0.25, 0.3) is 0 Å². The number of fused-ring (bicyclic) bond motifs is 2. The van der Waals surface area contributed by atoms with Crippen LogP contribution in [0.3, 0.4) is 0 Å². The Hall–Kier alpha value is -2.13.